The molecule has 5 nitrogen and oxygen atoms in total. The van der Waals surface area contributed by atoms with Crippen LogP contribution in [0.15, 0.2) is 0 Å². The van der Waals surface area contributed by atoms with E-state index in [1.807, 2.05) is 13.8 Å². The summed E-state index contributed by atoms with van der Waals surface area (Å²) in [5.74, 6) is 0.957. The van der Waals surface area contributed by atoms with Gasteiger partial charge in [-0.15, -0.1) is 0 Å². The highest BCUT2D eigenvalue weighted by Gasteiger charge is 2.69. The van der Waals surface area contributed by atoms with Crippen LogP contribution < -0.4 is 0 Å². The van der Waals surface area contributed by atoms with Crippen LogP contribution in [-0.2, 0) is 24.0 Å². The summed E-state index contributed by atoms with van der Waals surface area (Å²) in [5, 5.41) is 0. The van der Waals surface area contributed by atoms with Crippen molar-refractivity contribution in [2.75, 3.05) is 6.61 Å². The van der Waals surface area contributed by atoms with E-state index in [4.69, 9.17) is 24.0 Å². The van der Waals surface area contributed by atoms with Crippen molar-refractivity contribution in [1.29, 1.82) is 0 Å². The third-order valence-electron chi connectivity index (χ3n) is 6.43. The summed E-state index contributed by atoms with van der Waals surface area (Å²) in [5.41, 5.74) is -0.472. The van der Waals surface area contributed by atoms with Gasteiger partial charge >= 0.3 is 0 Å². The normalized spacial score (nSPS) is 57.3. The van der Waals surface area contributed by atoms with E-state index in [2.05, 4.69) is 13.8 Å². The van der Waals surface area contributed by atoms with E-state index >= 15 is 0 Å². The molecule has 1 aliphatic carbocycles. The summed E-state index contributed by atoms with van der Waals surface area (Å²) in [7, 11) is 0. The van der Waals surface area contributed by atoms with Crippen molar-refractivity contribution >= 4 is 0 Å². The van der Waals surface area contributed by atoms with Gasteiger partial charge in [0.25, 0.3) is 0 Å². The average molecular weight is 312 g/mol. The van der Waals surface area contributed by atoms with Gasteiger partial charge in [-0.3, -0.25) is 0 Å². The van der Waals surface area contributed by atoms with Crippen LogP contribution >= 0.6 is 0 Å². The second kappa shape index (κ2) is 5.15. The zero-order chi connectivity index (χ0) is 15.5. The van der Waals surface area contributed by atoms with Crippen LogP contribution in [0, 0.1) is 23.7 Å². The minimum absolute atomic E-state index is 0.216. The van der Waals surface area contributed by atoms with Crippen molar-refractivity contribution in [2.45, 2.75) is 77.3 Å². The van der Waals surface area contributed by atoms with Crippen LogP contribution in [-0.4, -0.2) is 30.6 Å². The van der Waals surface area contributed by atoms with Gasteiger partial charge < -0.3 is 14.2 Å². The van der Waals surface area contributed by atoms with E-state index < -0.39 is 11.4 Å². The summed E-state index contributed by atoms with van der Waals surface area (Å²) < 4.78 is 18.3. The highest BCUT2D eigenvalue weighted by atomic mass is 17.3. The minimum atomic E-state index is -0.700. The van der Waals surface area contributed by atoms with Gasteiger partial charge in [0, 0.05) is 24.9 Å². The summed E-state index contributed by atoms with van der Waals surface area (Å²) in [4.78, 5) is 11.9. The Labute approximate surface area is 132 Å². The number of hydrogen-bond donors (Lipinski definition) is 0. The Hall–Kier alpha value is -0.200. The largest absolute Gasteiger partial charge is 0.353 e. The lowest BCUT2D eigenvalue weighted by atomic mass is 9.58. The smallest absolute Gasteiger partial charge is 0.201 e. The summed E-state index contributed by atoms with van der Waals surface area (Å²) in [6.45, 7) is 9.15. The molecule has 0 amide bonds. The fourth-order valence-corrected chi connectivity index (χ4v) is 5.23. The zero-order valence-corrected chi connectivity index (χ0v) is 14.0. The Kier molecular flexibility index (Phi) is 3.59. The van der Waals surface area contributed by atoms with Crippen LogP contribution in [0.4, 0.5) is 0 Å². The molecule has 0 aromatic carbocycles. The van der Waals surface area contributed by atoms with Gasteiger partial charge in [-0.05, 0) is 44.9 Å². The average Bonchev–Trinajstić information content (AvgIpc) is 2.71. The van der Waals surface area contributed by atoms with Crippen LogP contribution in [0.25, 0.3) is 0 Å². The predicted molar refractivity (Wildman–Crippen MR) is 78.5 cm³/mol. The van der Waals surface area contributed by atoms with Crippen molar-refractivity contribution < 1.29 is 24.0 Å². The van der Waals surface area contributed by atoms with E-state index in [1.54, 1.807) is 0 Å². The van der Waals surface area contributed by atoms with Crippen LogP contribution in [0.1, 0.15) is 53.4 Å². The summed E-state index contributed by atoms with van der Waals surface area (Å²) in [6.07, 6.45) is 3.66. The monoisotopic (exact) mass is 312 g/mol. The lowest BCUT2D eigenvalue weighted by molar-refractivity contribution is -0.577. The topological polar surface area (TPSA) is 46.2 Å². The molecule has 4 saturated heterocycles. The quantitative estimate of drug-likeness (QED) is 0.733. The molecule has 0 radical (unpaired) electrons. The van der Waals surface area contributed by atoms with Crippen molar-refractivity contribution in [3.63, 3.8) is 0 Å². The Balaban J connectivity index is 1.75. The number of ether oxygens (including phenoxy) is 3. The molecule has 126 valence electrons. The predicted octanol–water partition coefficient (Wildman–Crippen LogP) is 3.23. The second-order valence-corrected chi connectivity index (χ2v) is 7.73. The maximum Gasteiger partial charge on any atom is 0.201 e. The fourth-order valence-electron chi connectivity index (χ4n) is 5.23. The molecular weight excluding hydrogens is 284 g/mol. The summed E-state index contributed by atoms with van der Waals surface area (Å²) in [6, 6.07) is 0. The van der Waals surface area contributed by atoms with E-state index in [0.29, 0.717) is 24.4 Å². The number of rotatable bonds is 2. The third-order valence-corrected chi connectivity index (χ3v) is 6.43. The third kappa shape index (κ3) is 1.96. The molecule has 5 aliphatic rings. The molecule has 4 heterocycles. The molecule has 3 unspecified atom stereocenters. The van der Waals surface area contributed by atoms with Gasteiger partial charge in [-0.2, -0.15) is 0 Å². The Morgan fingerprint density at radius 1 is 1.09 bits per heavy atom. The van der Waals surface area contributed by atoms with Gasteiger partial charge in [-0.1, -0.05) is 13.8 Å². The van der Waals surface area contributed by atoms with Crippen molar-refractivity contribution in [2.24, 2.45) is 23.7 Å². The van der Waals surface area contributed by atoms with Gasteiger partial charge in [0.05, 0.1) is 0 Å². The molecule has 5 fully saturated rings. The lowest BCUT2D eigenvalue weighted by Crippen LogP contribution is -2.70. The molecule has 5 heteroatoms. The Morgan fingerprint density at radius 3 is 2.68 bits per heavy atom. The first-order valence-corrected chi connectivity index (χ1v) is 8.82. The molecule has 22 heavy (non-hydrogen) atoms. The lowest BCUT2D eigenvalue weighted by Gasteiger charge is -2.60. The molecule has 0 aromatic heterocycles. The molecule has 2 bridgehead atoms. The minimum Gasteiger partial charge on any atom is -0.353 e. The molecule has 1 saturated carbocycles. The molecule has 5 rings (SSSR count). The number of fused-ring (bicyclic) bond motifs is 2. The van der Waals surface area contributed by atoms with Crippen LogP contribution in [0.5, 0.6) is 0 Å². The number of hydrogen-bond acceptors (Lipinski definition) is 5. The van der Waals surface area contributed by atoms with Crippen LogP contribution in [0.2, 0.25) is 0 Å². The van der Waals surface area contributed by atoms with Gasteiger partial charge in [0.1, 0.15) is 0 Å². The molecule has 1 spiro atoms. The molecule has 0 N–H and O–H groups in total. The molecule has 4 aliphatic heterocycles. The highest BCUT2D eigenvalue weighted by Crippen LogP contribution is 2.60. The Bertz CT molecular complexity index is 443. The summed E-state index contributed by atoms with van der Waals surface area (Å²) >= 11 is 0. The van der Waals surface area contributed by atoms with Gasteiger partial charge in [0.15, 0.2) is 18.2 Å². The first-order chi connectivity index (χ1) is 10.5. The SMILES string of the molecule is CCO[C@H]1O[C@@H]2OC3(C)CCC4[C@H](C)CCC([C@H]1C)[C@]42OO3. The van der Waals surface area contributed by atoms with E-state index in [9.17, 15) is 0 Å². The first-order valence-electron chi connectivity index (χ1n) is 8.82. The molecular formula is C17H28O5. The second-order valence-electron chi connectivity index (χ2n) is 7.73. The zero-order valence-electron chi connectivity index (χ0n) is 14.0. The van der Waals surface area contributed by atoms with Crippen molar-refractivity contribution in [3.8, 4) is 0 Å². The van der Waals surface area contributed by atoms with Gasteiger partial charge in [-0.25, -0.2) is 9.78 Å². The van der Waals surface area contributed by atoms with E-state index in [1.165, 1.54) is 6.42 Å². The standard InChI is InChI=1S/C17H28O5/c1-5-18-14-11(3)13-7-6-10(2)12-8-9-16(4)20-15(19-14)17(12,13)22-21-16/h10-15H,5-9H2,1-4H3/t10-,11-,12?,13?,14+,15-,16?,17-/m1/s1. The van der Waals surface area contributed by atoms with Crippen LogP contribution in [0.3, 0.4) is 0 Å². The Morgan fingerprint density at radius 2 is 1.91 bits per heavy atom. The van der Waals surface area contributed by atoms with Crippen molar-refractivity contribution in [1.82, 2.24) is 0 Å². The van der Waals surface area contributed by atoms with Crippen molar-refractivity contribution in [3.05, 3.63) is 0 Å². The fraction of sp³-hybridized carbons (Fsp3) is 1.00. The maximum atomic E-state index is 6.25. The van der Waals surface area contributed by atoms with Gasteiger partial charge in [0.2, 0.25) is 5.79 Å². The molecule has 8 atom stereocenters. The molecule has 0 aromatic rings. The van der Waals surface area contributed by atoms with E-state index in [-0.39, 0.29) is 18.5 Å². The first kappa shape index (κ1) is 15.3. The van der Waals surface area contributed by atoms with E-state index in [0.717, 1.165) is 19.3 Å². The highest BCUT2D eigenvalue weighted by molar-refractivity contribution is 5.09. The maximum absolute atomic E-state index is 6.25.